The Morgan fingerprint density at radius 3 is 2.71 bits per heavy atom. The molecule has 0 aliphatic carbocycles. The van der Waals surface area contributed by atoms with Crippen molar-refractivity contribution in [2.45, 2.75) is 52.4 Å². The molecule has 0 spiro atoms. The van der Waals surface area contributed by atoms with Crippen LogP contribution in [0.3, 0.4) is 0 Å². The second-order valence-electron chi connectivity index (χ2n) is 8.81. The molecule has 5 heteroatoms. The fourth-order valence-electron chi connectivity index (χ4n) is 4.97. The Bertz CT molecular complexity index is 1030. The number of benzene rings is 2. The molecule has 0 aromatic heterocycles. The predicted molar refractivity (Wildman–Crippen MR) is 130 cm³/mol. The summed E-state index contributed by atoms with van der Waals surface area (Å²) in [6.07, 6.45) is 6.15. The first-order chi connectivity index (χ1) is 15.0. The fraction of sp³-hybridized carbons (Fsp3) is 0.462. The number of rotatable bonds is 7. The largest absolute Gasteiger partial charge is 0.478 e. The van der Waals surface area contributed by atoms with Gasteiger partial charge in [0.15, 0.2) is 0 Å². The third-order valence-electron chi connectivity index (χ3n) is 6.78. The predicted octanol–water partition coefficient (Wildman–Crippen LogP) is 6.10. The van der Waals surface area contributed by atoms with E-state index in [0.717, 1.165) is 72.5 Å². The Labute approximate surface area is 185 Å². The van der Waals surface area contributed by atoms with Gasteiger partial charge in [0.25, 0.3) is 0 Å². The van der Waals surface area contributed by atoms with E-state index < -0.39 is 5.97 Å². The number of hydrogen-bond acceptors (Lipinski definition) is 4. The lowest BCUT2D eigenvalue weighted by molar-refractivity contribution is 0.0698. The highest BCUT2D eigenvalue weighted by Crippen LogP contribution is 2.47. The molecule has 0 saturated heterocycles. The number of hydrogen-bond donors (Lipinski definition) is 2. The lowest BCUT2D eigenvalue weighted by Gasteiger charge is -2.25. The average Bonchev–Trinajstić information content (AvgIpc) is 3.21. The number of carboxylic acids is 1. The molecule has 0 bridgehead atoms. The van der Waals surface area contributed by atoms with Crippen LogP contribution in [-0.2, 0) is 6.42 Å². The Morgan fingerprint density at radius 2 is 2.03 bits per heavy atom. The third kappa shape index (κ3) is 3.82. The van der Waals surface area contributed by atoms with Gasteiger partial charge in [-0.05, 0) is 66.0 Å². The van der Waals surface area contributed by atoms with Crippen molar-refractivity contribution in [2.24, 2.45) is 10.9 Å². The third-order valence-corrected chi connectivity index (χ3v) is 6.78. The van der Waals surface area contributed by atoms with Gasteiger partial charge in [0.2, 0.25) is 0 Å². The second-order valence-corrected chi connectivity index (χ2v) is 8.81. The van der Waals surface area contributed by atoms with Gasteiger partial charge in [-0.1, -0.05) is 32.9 Å². The minimum atomic E-state index is -0.870. The van der Waals surface area contributed by atoms with Gasteiger partial charge in [-0.15, -0.1) is 0 Å². The van der Waals surface area contributed by atoms with E-state index in [0.29, 0.717) is 17.4 Å². The van der Waals surface area contributed by atoms with Crippen molar-refractivity contribution in [2.75, 3.05) is 30.4 Å². The maximum Gasteiger partial charge on any atom is 0.339 e. The highest BCUT2D eigenvalue weighted by molar-refractivity contribution is 6.04. The number of anilines is 2. The average molecular weight is 420 g/mol. The molecule has 2 aliphatic rings. The summed E-state index contributed by atoms with van der Waals surface area (Å²) in [5, 5.41) is 13.5. The summed E-state index contributed by atoms with van der Waals surface area (Å²) >= 11 is 0. The summed E-state index contributed by atoms with van der Waals surface area (Å²) in [4.78, 5) is 19.1. The summed E-state index contributed by atoms with van der Waals surface area (Å²) < 4.78 is 0. The number of aromatic carboxylic acids is 1. The van der Waals surface area contributed by atoms with E-state index in [-0.39, 0.29) is 0 Å². The van der Waals surface area contributed by atoms with Crippen molar-refractivity contribution in [3.63, 3.8) is 0 Å². The molecule has 2 aliphatic heterocycles. The van der Waals surface area contributed by atoms with Crippen molar-refractivity contribution in [1.29, 1.82) is 0 Å². The van der Waals surface area contributed by atoms with Gasteiger partial charge in [0, 0.05) is 32.3 Å². The van der Waals surface area contributed by atoms with E-state index in [9.17, 15) is 9.90 Å². The number of carboxylic acid groups (broad SMARTS) is 1. The molecular formula is C26H33N3O2. The summed E-state index contributed by atoms with van der Waals surface area (Å²) in [5.74, 6) is -0.0521. The zero-order chi connectivity index (χ0) is 22.1. The van der Waals surface area contributed by atoms with E-state index in [1.165, 1.54) is 5.56 Å². The molecule has 31 heavy (non-hydrogen) atoms. The van der Waals surface area contributed by atoms with E-state index in [1.807, 2.05) is 7.05 Å². The maximum absolute atomic E-state index is 12.3. The Balaban J connectivity index is 1.91. The summed E-state index contributed by atoms with van der Waals surface area (Å²) in [6, 6.07) is 8.68. The van der Waals surface area contributed by atoms with Crippen molar-refractivity contribution in [3.8, 4) is 11.1 Å². The number of nitrogens with zero attached hydrogens (tertiary/aromatic N) is 2. The van der Waals surface area contributed by atoms with Crippen LogP contribution < -0.4 is 10.2 Å². The number of nitrogens with one attached hydrogen (secondary N) is 1. The van der Waals surface area contributed by atoms with Crippen molar-refractivity contribution in [3.05, 3.63) is 41.0 Å². The maximum atomic E-state index is 12.3. The smallest absolute Gasteiger partial charge is 0.339 e. The Hall–Kier alpha value is -2.82. The van der Waals surface area contributed by atoms with Crippen LogP contribution in [0, 0.1) is 5.92 Å². The number of aliphatic imine (C=N–C) groups is 1. The van der Waals surface area contributed by atoms with Crippen molar-refractivity contribution < 1.29 is 9.90 Å². The van der Waals surface area contributed by atoms with E-state index in [4.69, 9.17) is 4.99 Å². The summed E-state index contributed by atoms with van der Waals surface area (Å²) in [5.41, 5.74) is 7.69. The SMILES string of the molecule is CCCN(C)c1cc(-c2ccc3c(c2)N=CC(CC)C3)c2c(c1C(=O)O)NCC2CC. The zero-order valence-corrected chi connectivity index (χ0v) is 19.0. The van der Waals surface area contributed by atoms with Gasteiger partial charge in [-0.3, -0.25) is 4.99 Å². The first-order valence-electron chi connectivity index (χ1n) is 11.5. The van der Waals surface area contributed by atoms with Gasteiger partial charge in [-0.2, -0.15) is 0 Å². The minimum absolute atomic E-state index is 0.303. The minimum Gasteiger partial charge on any atom is -0.478 e. The van der Waals surface area contributed by atoms with Gasteiger partial charge >= 0.3 is 5.97 Å². The monoisotopic (exact) mass is 419 g/mol. The Morgan fingerprint density at radius 1 is 1.23 bits per heavy atom. The van der Waals surface area contributed by atoms with Crippen LogP contribution >= 0.6 is 0 Å². The molecule has 2 N–H and O–H groups in total. The quantitative estimate of drug-likeness (QED) is 0.569. The molecule has 164 valence electrons. The molecule has 2 unspecified atom stereocenters. The molecule has 2 aromatic carbocycles. The molecule has 5 nitrogen and oxygen atoms in total. The van der Waals surface area contributed by atoms with Crippen LogP contribution in [0.15, 0.2) is 29.3 Å². The van der Waals surface area contributed by atoms with Crippen LogP contribution in [0.1, 0.15) is 67.4 Å². The van der Waals surface area contributed by atoms with Gasteiger partial charge in [-0.25, -0.2) is 4.79 Å². The second kappa shape index (κ2) is 8.74. The van der Waals surface area contributed by atoms with E-state index >= 15 is 0 Å². The zero-order valence-electron chi connectivity index (χ0n) is 19.0. The lowest BCUT2D eigenvalue weighted by atomic mass is 9.86. The normalized spacial score (nSPS) is 19.0. The standard InChI is InChI=1S/C26H33N3O2/c1-5-10-29(4)22-13-20(23-17(7-3)15-28-25(23)24(22)26(30)31)18-8-9-19-11-16(6-2)14-27-21(19)12-18/h8-9,12-14,16-17,28H,5-7,10-11,15H2,1-4H3,(H,30,31). The van der Waals surface area contributed by atoms with Crippen LogP contribution in [0.2, 0.25) is 0 Å². The number of carbonyl (C=O) groups is 1. The van der Waals surface area contributed by atoms with E-state index in [2.05, 4.69) is 61.5 Å². The van der Waals surface area contributed by atoms with Crippen LogP contribution in [-0.4, -0.2) is 37.4 Å². The molecule has 2 heterocycles. The van der Waals surface area contributed by atoms with Crippen LogP contribution in [0.4, 0.5) is 17.1 Å². The van der Waals surface area contributed by atoms with Crippen LogP contribution in [0.25, 0.3) is 11.1 Å². The van der Waals surface area contributed by atoms with Gasteiger partial charge in [0.05, 0.1) is 17.1 Å². The van der Waals surface area contributed by atoms with E-state index in [1.54, 1.807) is 0 Å². The number of fused-ring (bicyclic) bond motifs is 2. The summed E-state index contributed by atoms with van der Waals surface area (Å²) in [6.45, 7) is 8.08. The highest BCUT2D eigenvalue weighted by atomic mass is 16.4. The molecule has 2 aromatic rings. The molecule has 0 radical (unpaired) electrons. The molecular weight excluding hydrogens is 386 g/mol. The molecule has 0 amide bonds. The van der Waals surface area contributed by atoms with Gasteiger partial charge in [0.1, 0.15) is 5.56 Å². The molecule has 0 saturated carbocycles. The molecule has 0 fully saturated rings. The summed E-state index contributed by atoms with van der Waals surface area (Å²) in [7, 11) is 1.98. The topological polar surface area (TPSA) is 64.9 Å². The lowest BCUT2D eigenvalue weighted by Crippen LogP contribution is -2.21. The Kier molecular flexibility index (Phi) is 6.03. The van der Waals surface area contributed by atoms with Crippen molar-refractivity contribution in [1.82, 2.24) is 0 Å². The van der Waals surface area contributed by atoms with Crippen LogP contribution in [0.5, 0.6) is 0 Å². The molecule has 2 atom stereocenters. The molecule has 4 rings (SSSR count). The highest BCUT2D eigenvalue weighted by Gasteiger charge is 2.32. The van der Waals surface area contributed by atoms with Crippen molar-refractivity contribution >= 4 is 29.2 Å². The first-order valence-corrected chi connectivity index (χ1v) is 11.5. The van der Waals surface area contributed by atoms with Gasteiger partial charge < -0.3 is 15.3 Å². The first kappa shape index (κ1) is 21.4. The fourth-order valence-corrected chi connectivity index (χ4v) is 4.97.